The van der Waals surface area contributed by atoms with Crippen molar-refractivity contribution in [1.82, 2.24) is 16.0 Å². The molecule has 0 aliphatic rings. The van der Waals surface area contributed by atoms with Gasteiger partial charge in [-0.3, -0.25) is 28.8 Å². The lowest BCUT2D eigenvalue weighted by molar-refractivity contribution is -0.137. The van der Waals surface area contributed by atoms with E-state index < -0.39 is 5.97 Å². The average molecular weight is 778 g/mol. The highest BCUT2D eigenvalue weighted by molar-refractivity contribution is 5.81. The topological polar surface area (TPSA) is 216 Å². The second kappa shape index (κ2) is 47.9. The molecule has 0 aliphatic heterocycles. The third-order valence-electron chi connectivity index (χ3n) is 7.83. The molecule has 0 aromatic rings. The van der Waals surface area contributed by atoms with Crippen LogP contribution in [-0.4, -0.2) is 119 Å². The molecule has 0 saturated heterocycles. The molecule has 0 atom stereocenters. The van der Waals surface area contributed by atoms with Crippen LogP contribution in [-0.2, 0) is 47.7 Å². The minimum Gasteiger partial charge on any atom is -0.483 e. The molecule has 15 nitrogen and oxygen atoms in total. The number of unbranched alkanes of at least 4 members (excludes halogenated alkanes) is 13. The molecule has 0 rings (SSSR count). The molecule has 0 aromatic carbocycles. The predicted octanol–water partition coefficient (Wildman–Crippen LogP) is 5.07. The standard InChI is InChI=1S/C28H54N2O6.C10H19NO4.CH2O2/c1-2-35-24-25-36-23-22-30-27(32)19-17-21-29-26(31)18-15-13-11-9-7-5-3-4-6-8-10-12-14-16-20-28(33)34;1-9(2)10(13)7-15-6-5-14-4-3-11-8-12;2-1-3/h2-25H2,1H3,(H,29,31)(H,30,32)(H,33,34);8-9H,3-7H2,1-2H3,(H,11,12);1H,(H,2,3). The van der Waals surface area contributed by atoms with Crippen molar-refractivity contribution in [3.8, 4) is 0 Å². The smallest absolute Gasteiger partial charge is 0.303 e. The minimum absolute atomic E-state index is 0.0115. The number of hydrogen-bond donors (Lipinski definition) is 5. The maximum absolute atomic E-state index is 11.9. The van der Waals surface area contributed by atoms with Crippen LogP contribution in [0.2, 0.25) is 0 Å². The number of ketones is 1. The number of carbonyl (C=O) groups is 6. The molecule has 0 unspecified atom stereocenters. The van der Waals surface area contributed by atoms with Gasteiger partial charge in [-0.05, 0) is 26.2 Å². The predicted molar refractivity (Wildman–Crippen MR) is 208 cm³/mol. The van der Waals surface area contributed by atoms with Crippen LogP contribution in [0.5, 0.6) is 0 Å². The molecule has 0 aliphatic carbocycles. The van der Waals surface area contributed by atoms with Crippen LogP contribution in [0.25, 0.3) is 0 Å². The average Bonchev–Trinajstić information content (AvgIpc) is 3.14. The molecule has 54 heavy (non-hydrogen) atoms. The van der Waals surface area contributed by atoms with Crippen molar-refractivity contribution in [3.05, 3.63) is 0 Å². The fraction of sp³-hybridized carbons (Fsp3) is 0.846. The van der Waals surface area contributed by atoms with Gasteiger partial charge in [0.05, 0.1) is 39.6 Å². The Kier molecular flexibility index (Phi) is 48.9. The Bertz CT molecular complexity index is 878. The maximum Gasteiger partial charge on any atom is 0.303 e. The monoisotopic (exact) mass is 778 g/mol. The number of rotatable bonds is 38. The zero-order chi connectivity index (χ0) is 40.8. The Hall–Kier alpha value is -3.14. The highest BCUT2D eigenvalue weighted by Gasteiger charge is 2.06. The summed E-state index contributed by atoms with van der Waals surface area (Å²) in [6.07, 6.45) is 19.0. The van der Waals surface area contributed by atoms with E-state index in [0.29, 0.717) is 98.0 Å². The van der Waals surface area contributed by atoms with Crippen molar-refractivity contribution in [3.63, 3.8) is 0 Å². The highest BCUT2D eigenvalue weighted by atomic mass is 16.5. The summed E-state index contributed by atoms with van der Waals surface area (Å²) >= 11 is 0. The Balaban J connectivity index is -0.00000119. The van der Waals surface area contributed by atoms with Gasteiger partial charge in [0.15, 0.2) is 5.78 Å². The van der Waals surface area contributed by atoms with Crippen LogP contribution >= 0.6 is 0 Å². The first-order valence-electron chi connectivity index (χ1n) is 20.0. The lowest BCUT2D eigenvalue weighted by Gasteiger charge is -2.07. The molecule has 0 aromatic heterocycles. The van der Waals surface area contributed by atoms with E-state index in [1.807, 2.05) is 20.8 Å². The SMILES string of the molecule is CC(C)C(=O)COCCOCCNC=O.CCOCCOCCNC(=O)CCCNC(=O)CCCCCCCCCCCCCCCCC(=O)O.O=CO. The Labute approximate surface area is 324 Å². The number of carboxylic acid groups (broad SMARTS) is 2. The van der Waals surface area contributed by atoms with Gasteiger partial charge in [0, 0.05) is 51.4 Å². The van der Waals surface area contributed by atoms with E-state index in [1.54, 1.807) is 0 Å². The lowest BCUT2D eigenvalue weighted by Crippen LogP contribution is -2.29. The molecule has 0 fully saturated rings. The second-order valence-corrected chi connectivity index (χ2v) is 12.9. The summed E-state index contributed by atoms with van der Waals surface area (Å²) in [5.41, 5.74) is 0. The van der Waals surface area contributed by atoms with Crippen LogP contribution in [0, 0.1) is 5.92 Å². The van der Waals surface area contributed by atoms with E-state index in [0.717, 1.165) is 32.1 Å². The zero-order valence-corrected chi connectivity index (χ0v) is 33.7. The summed E-state index contributed by atoms with van der Waals surface area (Å²) in [6, 6.07) is 0. The molecular formula is C39H75N3O12. The van der Waals surface area contributed by atoms with E-state index >= 15 is 0 Å². The van der Waals surface area contributed by atoms with E-state index in [-0.39, 0.29) is 36.6 Å². The summed E-state index contributed by atoms with van der Waals surface area (Å²) in [4.78, 5) is 63.4. The molecule has 0 spiro atoms. The van der Waals surface area contributed by atoms with Gasteiger partial charge in [-0.2, -0.15) is 0 Å². The summed E-state index contributed by atoms with van der Waals surface area (Å²) in [5.74, 6) is -0.499. The molecule has 0 bridgehead atoms. The van der Waals surface area contributed by atoms with Gasteiger partial charge in [0.1, 0.15) is 6.61 Å². The number of carbonyl (C=O) groups excluding carboxylic acids is 4. The van der Waals surface area contributed by atoms with Crippen molar-refractivity contribution in [2.45, 2.75) is 136 Å². The normalized spacial score (nSPS) is 10.4. The number of ether oxygens (including phenoxy) is 4. The van der Waals surface area contributed by atoms with Crippen molar-refractivity contribution in [1.29, 1.82) is 0 Å². The molecule has 318 valence electrons. The fourth-order valence-corrected chi connectivity index (χ4v) is 4.71. The van der Waals surface area contributed by atoms with Gasteiger partial charge in [0.2, 0.25) is 18.2 Å². The first kappa shape index (κ1) is 55.2. The van der Waals surface area contributed by atoms with Crippen LogP contribution in [0.15, 0.2) is 0 Å². The number of hydrogen-bond acceptors (Lipinski definition) is 10. The van der Waals surface area contributed by atoms with Crippen LogP contribution in [0.4, 0.5) is 0 Å². The molecule has 5 N–H and O–H groups in total. The van der Waals surface area contributed by atoms with Crippen molar-refractivity contribution < 1.29 is 57.9 Å². The molecule has 0 heterocycles. The Morgan fingerprint density at radius 2 is 0.963 bits per heavy atom. The molecule has 15 heteroatoms. The zero-order valence-electron chi connectivity index (χ0n) is 33.7. The van der Waals surface area contributed by atoms with Gasteiger partial charge < -0.3 is 45.1 Å². The first-order valence-corrected chi connectivity index (χ1v) is 20.0. The van der Waals surface area contributed by atoms with Gasteiger partial charge in [-0.25, -0.2) is 0 Å². The number of carboxylic acids is 1. The van der Waals surface area contributed by atoms with Crippen molar-refractivity contribution >= 4 is 36.4 Å². The molecular weight excluding hydrogens is 702 g/mol. The largest absolute Gasteiger partial charge is 0.483 e. The second-order valence-electron chi connectivity index (χ2n) is 12.9. The van der Waals surface area contributed by atoms with E-state index in [9.17, 15) is 24.0 Å². The van der Waals surface area contributed by atoms with Gasteiger partial charge in [-0.1, -0.05) is 90.9 Å². The minimum atomic E-state index is -0.682. The quantitative estimate of drug-likeness (QED) is 0.0411. The summed E-state index contributed by atoms with van der Waals surface area (Å²) in [5, 5.41) is 23.7. The third-order valence-corrected chi connectivity index (χ3v) is 7.83. The van der Waals surface area contributed by atoms with Gasteiger partial charge in [-0.15, -0.1) is 0 Å². The van der Waals surface area contributed by atoms with Crippen LogP contribution in [0.3, 0.4) is 0 Å². The third kappa shape index (κ3) is 53.2. The van der Waals surface area contributed by atoms with E-state index in [2.05, 4.69) is 16.0 Å². The molecule has 0 radical (unpaired) electrons. The van der Waals surface area contributed by atoms with E-state index in [4.69, 9.17) is 34.0 Å². The first-order chi connectivity index (χ1) is 26.2. The van der Waals surface area contributed by atoms with Crippen LogP contribution < -0.4 is 16.0 Å². The lowest BCUT2D eigenvalue weighted by atomic mass is 10.0. The number of nitrogens with one attached hydrogen (secondary N) is 3. The van der Waals surface area contributed by atoms with E-state index in [1.165, 1.54) is 57.8 Å². The van der Waals surface area contributed by atoms with Crippen molar-refractivity contribution in [2.75, 3.05) is 72.5 Å². The van der Waals surface area contributed by atoms with Gasteiger partial charge >= 0.3 is 5.97 Å². The Morgan fingerprint density at radius 3 is 1.43 bits per heavy atom. The summed E-state index contributed by atoms with van der Waals surface area (Å²) < 4.78 is 20.7. The summed E-state index contributed by atoms with van der Waals surface area (Å²) in [6.45, 7) is 10.6. The fourth-order valence-electron chi connectivity index (χ4n) is 4.71. The number of amides is 3. The highest BCUT2D eigenvalue weighted by Crippen LogP contribution is 2.13. The summed E-state index contributed by atoms with van der Waals surface area (Å²) in [7, 11) is 0. The maximum atomic E-state index is 11.9. The molecule has 0 saturated carbocycles. The number of aliphatic carboxylic acids is 1. The molecule has 3 amide bonds. The van der Waals surface area contributed by atoms with Gasteiger partial charge in [0.25, 0.3) is 6.47 Å². The number of Topliss-reactive ketones (excluding diaryl/α,β-unsaturated/α-hetero) is 1. The van der Waals surface area contributed by atoms with Crippen molar-refractivity contribution in [2.24, 2.45) is 5.92 Å². The van der Waals surface area contributed by atoms with Crippen LogP contribution in [0.1, 0.15) is 136 Å². The Morgan fingerprint density at radius 1 is 0.556 bits per heavy atom.